The van der Waals surface area contributed by atoms with Crippen molar-refractivity contribution in [2.24, 2.45) is 0 Å². The van der Waals surface area contributed by atoms with Gasteiger partial charge in [-0.1, -0.05) is 12.1 Å². The minimum atomic E-state index is -0.835. The summed E-state index contributed by atoms with van der Waals surface area (Å²) in [6.07, 6.45) is 0. The monoisotopic (exact) mass is 281 g/mol. The maximum Gasteiger partial charge on any atom is 0.272 e. The fourth-order valence-corrected chi connectivity index (χ4v) is 2.26. The molecule has 1 aromatic rings. The molecule has 2 N–H and O–H groups in total. The van der Waals surface area contributed by atoms with Crippen LogP contribution in [-0.2, 0) is 6.54 Å². The normalized spacial score (nSPS) is 14.3. The maximum atomic E-state index is 10.9. The standard InChI is InChI=1S/C14H23N3O3/c1-11-12(6-5-7-13(11)17(19)20)8-15-9-14(2,18)10-16(3)4/h5-7,15,18H,8-10H2,1-4H3. The zero-order valence-corrected chi connectivity index (χ0v) is 12.5. The van der Waals surface area contributed by atoms with Crippen LogP contribution in [0.4, 0.5) is 5.69 Å². The van der Waals surface area contributed by atoms with E-state index in [2.05, 4.69) is 5.32 Å². The van der Waals surface area contributed by atoms with Gasteiger partial charge < -0.3 is 15.3 Å². The molecular weight excluding hydrogens is 258 g/mol. The Labute approximate surface area is 119 Å². The van der Waals surface area contributed by atoms with Crippen LogP contribution in [-0.4, -0.2) is 47.7 Å². The van der Waals surface area contributed by atoms with Gasteiger partial charge in [0.25, 0.3) is 5.69 Å². The third-order valence-electron chi connectivity index (χ3n) is 3.09. The largest absolute Gasteiger partial charge is 0.388 e. The summed E-state index contributed by atoms with van der Waals surface area (Å²) in [4.78, 5) is 12.4. The second kappa shape index (κ2) is 6.78. The van der Waals surface area contributed by atoms with E-state index in [1.54, 1.807) is 19.9 Å². The molecule has 1 atom stereocenters. The molecule has 0 fully saturated rings. The summed E-state index contributed by atoms with van der Waals surface area (Å²) in [5, 5.41) is 24.2. The van der Waals surface area contributed by atoms with E-state index in [0.29, 0.717) is 25.2 Å². The molecule has 0 saturated carbocycles. The third-order valence-corrected chi connectivity index (χ3v) is 3.09. The average molecular weight is 281 g/mol. The van der Waals surface area contributed by atoms with E-state index < -0.39 is 5.60 Å². The van der Waals surface area contributed by atoms with Crippen LogP contribution in [0.25, 0.3) is 0 Å². The summed E-state index contributed by atoms with van der Waals surface area (Å²) in [5.41, 5.74) is 0.833. The van der Waals surface area contributed by atoms with Crippen molar-refractivity contribution in [2.75, 3.05) is 27.2 Å². The molecule has 0 radical (unpaired) electrons. The first kappa shape index (κ1) is 16.6. The van der Waals surface area contributed by atoms with Crippen molar-refractivity contribution >= 4 is 5.69 Å². The van der Waals surface area contributed by atoms with Gasteiger partial charge >= 0.3 is 0 Å². The van der Waals surface area contributed by atoms with Crippen molar-refractivity contribution in [1.82, 2.24) is 10.2 Å². The number of nitro groups is 1. The summed E-state index contributed by atoms with van der Waals surface area (Å²) in [6, 6.07) is 5.04. The van der Waals surface area contributed by atoms with E-state index in [4.69, 9.17) is 0 Å². The molecule has 0 aliphatic carbocycles. The van der Waals surface area contributed by atoms with Crippen LogP contribution in [0.2, 0.25) is 0 Å². The summed E-state index contributed by atoms with van der Waals surface area (Å²) < 4.78 is 0. The number of likely N-dealkylation sites (N-methyl/N-ethyl adjacent to an activating group) is 1. The van der Waals surface area contributed by atoms with E-state index >= 15 is 0 Å². The molecule has 1 aromatic carbocycles. The zero-order valence-electron chi connectivity index (χ0n) is 12.5. The topological polar surface area (TPSA) is 78.6 Å². The molecule has 0 heterocycles. The van der Waals surface area contributed by atoms with Gasteiger partial charge in [-0.2, -0.15) is 0 Å². The van der Waals surface area contributed by atoms with Crippen molar-refractivity contribution in [3.05, 3.63) is 39.4 Å². The van der Waals surface area contributed by atoms with E-state index in [1.807, 2.05) is 25.1 Å². The zero-order chi connectivity index (χ0) is 15.3. The highest BCUT2D eigenvalue weighted by molar-refractivity contribution is 5.44. The number of benzene rings is 1. The lowest BCUT2D eigenvalue weighted by Gasteiger charge is -2.27. The Bertz CT molecular complexity index is 473. The van der Waals surface area contributed by atoms with Crippen LogP contribution in [0.1, 0.15) is 18.1 Å². The second-order valence-corrected chi connectivity index (χ2v) is 5.66. The predicted molar refractivity (Wildman–Crippen MR) is 78.7 cm³/mol. The molecule has 0 saturated heterocycles. The van der Waals surface area contributed by atoms with Gasteiger partial charge in [0.15, 0.2) is 0 Å². The van der Waals surface area contributed by atoms with Crippen LogP contribution in [0.15, 0.2) is 18.2 Å². The highest BCUT2D eigenvalue weighted by atomic mass is 16.6. The first-order valence-electron chi connectivity index (χ1n) is 6.53. The SMILES string of the molecule is Cc1c(CNCC(C)(O)CN(C)C)cccc1[N+](=O)[O-]. The number of aliphatic hydroxyl groups is 1. The molecule has 112 valence electrons. The van der Waals surface area contributed by atoms with E-state index in [-0.39, 0.29) is 10.6 Å². The van der Waals surface area contributed by atoms with Crippen molar-refractivity contribution in [3.63, 3.8) is 0 Å². The molecule has 0 aliphatic heterocycles. The Hall–Kier alpha value is -1.50. The van der Waals surface area contributed by atoms with Gasteiger partial charge in [-0.25, -0.2) is 0 Å². The van der Waals surface area contributed by atoms with E-state index in [0.717, 1.165) is 5.56 Å². The Morgan fingerprint density at radius 1 is 1.45 bits per heavy atom. The predicted octanol–water partition coefficient (Wildman–Crippen LogP) is 1.31. The number of nitrogens with zero attached hydrogens (tertiary/aromatic N) is 2. The summed E-state index contributed by atoms with van der Waals surface area (Å²) >= 11 is 0. The van der Waals surface area contributed by atoms with Crippen molar-refractivity contribution in [1.29, 1.82) is 0 Å². The summed E-state index contributed by atoms with van der Waals surface area (Å²) in [6.45, 7) is 4.98. The number of nitro benzene ring substituents is 1. The van der Waals surface area contributed by atoms with Crippen LogP contribution >= 0.6 is 0 Å². The quantitative estimate of drug-likeness (QED) is 0.582. The number of hydrogen-bond acceptors (Lipinski definition) is 5. The lowest BCUT2D eigenvalue weighted by molar-refractivity contribution is -0.385. The molecule has 0 aromatic heterocycles. The number of rotatable bonds is 7. The Balaban J connectivity index is 2.63. The molecule has 0 bridgehead atoms. The molecule has 20 heavy (non-hydrogen) atoms. The Morgan fingerprint density at radius 2 is 2.10 bits per heavy atom. The number of nitrogens with one attached hydrogen (secondary N) is 1. The van der Waals surface area contributed by atoms with Gasteiger partial charge in [0.2, 0.25) is 0 Å². The highest BCUT2D eigenvalue weighted by Gasteiger charge is 2.21. The molecule has 0 aliphatic rings. The molecule has 1 unspecified atom stereocenters. The van der Waals surface area contributed by atoms with Crippen molar-refractivity contribution < 1.29 is 10.0 Å². The van der Waals surface area contributed by atoms with Gasteiger partial charge in [-0.3, -0.25) is 10.1 Å². The maximum absolute atomic E-state index is 10.9. The molecule has 1 rings (SSSR count). The van der Waals surface area contributed by atoms with E-state index in [9.17, 15) is 15.2 Å². The number of hydrogen-bond donors (Lipinski definition) is 2. The average Bonchev–Trinajstić information content (AvgIpc) is 2.29. The minimum absolute atomic E-state index is 0.129. The van der Waals surface area contributed by atoms with Crippen LogP contribution in [0.5, 0.6) is 0 Å². The fraction of sp³-hybridized carbons (Fsp3) is 0.571. The second-order valence-electron chi connectivity index (χ2n) is 5.66. The van der Waals surface area contributed by atoms with Crippen LogP contribution < -0.4 is 5.32 Å². The minimum Gasteiger partial charge on any atom is -0.388 e. The Morgan fingerprint density at radius 3 is 2.65 bits per heavy atom. The molecule has 6 heteroatoms. The summed E-state index contributed by atoms with van der Waals surface area (Å²) in [5.74, 6) is 0. The van der Waals surface area contributed by atoms with Gasteiger partial charge in [0.05, 0.1) is 10.5 Å². The van der Waals surface area contributed by atoms with E-state index in [1.165, 1.54) is 6.07 Å². The van der Waals surface area contributed by atoms with Crippen LogP contribution in [0, 0.1) is 17.0 Å². The molecule has 0 amide bonds. The van der Waals surface area contributed by atoms with Crippen LogP contribution in [0.3, 0.4) is 0 Å². The van der Waals surface area contributed by atoms with Crippen molar-refractivity contribution in [2.45, 2.75) is 26.0 Å². The van der Waals surface area contributed by atoms with Gasteiger partial charge in [0.1, 0.15) is 0 Å². The first-order chi connectivity index (χ1) is 9.23. The van der Waals surface area contributed by atoms with Gasteiger partial charge in [-0.05, 0) is 33.5 Å². The molecular formula is C14H23N3O3. The van der Waals surface area contributed by atoms with Crippen molar-refractivity contribution in [3.8, 4) is 0 Å². The first-order valence-corrected chi connectivity index (χ1v) is 6.53. The molecule has 6 nitrogen and oxygen atoms in total. The fourth-order valence-electron chi connectivity index (χ4n) is 2.26. The smallest absolute Gasteiger partial charge is 0.272 e. The van der Waals surface area contributed by atoms with Gasteiger partial charge in [-0.15, -0.1) is 0 Å². The third kappa shape index (κ3) is 4.88. The van der Waals surface area contributed by atoms with Gasteiger partial charge in [0, 0.05) is 31.3 Å². The summed E-state index contributed by atoms with van der Waals surface area (Å²) in [7, 11) is 3.80. The Kier molecular flexibility index (Phi) is 5.62. The lowest BCUT2D eigenvalue weighted by atomic mass is 10.0. The molecule has 0 spiro atoms. The lowest BCUT2D eigenvalue weighted by Crippen LogP contribution is -2.45. The highest BCUT2D eigenvalue weighted by Crippen LogP contribution is 2.20.